The third-order valence-corrected chi connectivity index (χ3v) is 2.81. The van der Waals surface area contributed by atoms with Crippen LogP contribution in [0.3, 0.4) is 0 Å². The van der Waals surface area contributed by atoms with Crippen molar-refractivity contribution in [1.82, 2.24) is 10.3 Å². The molecule has 2 heterocycles. The number of hydrogen-bond acceptors (Lipinski definition) is 3. The summed E-state index contributed by atoms with van der Waals surface area (Å²) in [5.74, 6) is 1.18. The minimum atomic E-state index is 0.517. The molecule has 0 fully saturated rings. The molecule has 1 atom stereocenters. The zero-order valence-corrected chi connectivity index (χ0v) is 8.83. The molecule has 14 heavy (non-hydrogen) atoms. The number of anilines is 1. The molecule has 0 bridgehead atoms. The highest BCUT2D eigenvalue weighted by molar-refractivity contribution is 5.51. The van der Waals surface area contributed by atoms with E-state index in [4.69, 9.17) is 0 Å². The lowest BCUT2D eigenvalue weighted by Crippen LogP contribution is -2.36. The van der Waals surface area contributed by atoms with Gasteiger partial charge in [-0.2, -0.15) is 0 Å². The van der Waals surface area contributed by atoms with E-state index in [1.165, 1.54) is 11.4 Å². The van der Waals surface area contributed by atoms with Gasteiger partial charge in [0.25, 0.3) is 0 Å². The first-order valence-corrected chi connectivity index (χ1v) is 5.17. The van der Waals surface area contributed by atoms with Crippen molar-refractivity contribution in [2.24, 2.45) is 0 Å². The van der Waals surface area contributed by atoms with E-state index >= 15 is 0 Å². The smallest absolute Gasteiger partial charge is 0.131 e. The fourth-order valence-electron chi connectivity index (χ4n) is 1.87. The molecule has 0 radical (unpaired) electrons. The van der Waals surface area contributed by atoms with Gasteiger partial charge in [-0.05, 0) is 32.0 Å². The molecular weight excluding hydrogens is 174 g/mol. The molecule has 3 heteroatoms. The van der Waals surface area contributed by atoms with Crippen LogP contribution in [0.1, 0.15) is 12.5 Å². The molecule has 0 aliphatic carbocycles. The van der Waals surface area contributed by atoms with Gasteiger partial charge in [-0.3, -0.25) is 0 Å². The molecule has 3 nitrogen and oxygen atoms in total. The van der Waals surface area contributed by atoms with Crippen molar-refractivity contribution in [2.45, 2.75) is 19.4 Å². The van der Waals surface area contributed by atoms with Gasteiger partial charge in [0.1, 0.15) is 5.82 Å². The van der Waals surface area contributed by atoms with Crippen LogP contribution < -0.4 is 10.2 Å². The summed E-state index contributed by atoms with van der Waals surface area (Å²) in [5.41, 5.74) is 1.39. The maximum Gasteiger partial charge on any atom is 0.131 e. The van der Waals surface area contributed by atoms with Crippen LogP contribution >= 0.6 is 0 Å². The van der Waals surface area contributed by atoms with E-state index < -0.39 is 0 Å². The average Bonchev–Trinajstić information content (AvgIpc) is 2.62. The van der Waals surface area contributed by atoms with Crippen LogP contribution in [0, 0.1) is 0 Å². The lowest BCUT2D eigenvalue weighted by atomic mass is 10.2. The van der Waals surface area contributed by atoms with Crippen LogP contribution in [0.25, 0.3) is 0 Å². The maximum atomic E-state index is 4.43. The van der Waals surface area contributed by atoms with Gasteiger partial charge in [0.15, 0.2) is 0 Å². The van der Waals surface area contributed by atoms with Gasteiger partial charge < -0.3 is 10.2 Å². The quantitative estimate of drug-likeness (QED) is 0.774. The fourth-order valence-corrected chi connectivity index (χ4v) is 1.87. The van der Waals surface area contributed by atoms with Gasteiger partial charge in [-0.25, -0.2) is 4.98 Å². The summed E-state index contributed by atoms with van der Waals surface area (Å²) < 4.78 is 0. The van der Waals surface area contributed by atoms with E-state index in [1.54, 1.807) is 0 Å². The predicted octanol–water partition coefficient (Wildman–Crippen LogP) is 1.05. The van der Waals surface area contributed by atoms with Crippen molar-refractivity contribution in [3.63, 3.8) is 0 Å². The van der Waals surface area contributed by atoms with E-state index in [1.807, 2.05) is 19.3 Å². The third kappa shape index (κ3) is 1.73. The molecular formula is C11H17N3. The lowest BCUT2D eigenvalue weighted by Gasteiger charge is -2.22. The number of nitrogens with one attached hydrogen (secondary N) is 1. The van der Waals surface area contributed by atoms with Crippen LogP contribution in [-0.4, -0.2) is 31.2 Å². The fraction of sp³-hybridized carbons (Fsp3) is 0.545. The van der Waals surface area contributed by atoms with E-state index in [0.29, 0.717) is 6.04 Å². The Bertz CT molecular complexity index is 311. The number of fused-ring (bicyclic) bond motifs is 1. The van der Waals surface area contributed by atoms with Gasteiger partial charge in [-0.1, -0.05) is 6.07 Å². The topological polar surface area (TPSA) is 28.2 Å². The zero-order chi connectivity index (χ0) is 9.97. The normalized spacial score (nSPS) is 16.9. The number of aromatic nitrogens is 1. The van der Waals surface area contributed by atoms with Crippen LogP contribution in [0.15, 0.2) is 18.3 Å². The Labute approximate surface area is 85.1 Å². The van der Waals surface area contributed by atoms with Crippen molar-refractivity contribution >= 4 is 5.82 Å². The Morgan fingerprint density at radius 3 is 3.29 bits per heavy atom. The number of nitrogens with zero attached hydrogens (tertiary/aromatic N) is 2. The van der Waals surface area contributed by atoms with Gasteiger partial charge >= 0.3 is 0 Å². The molecule has 1 aliphatic rings. The van der Waals surface area contributed by atoms with Crippen LogP contribution in [-0.2, 0) is 6.42 Å². The molecule has 0 aromatic carbocycles. The number of hydrogen-bond donors (Lipinski definition) is 1. The molecule has 1 unspecified atom stereocenters. The average molecular weight is 191 g/mol. The Morgan fingerprint density at radius 2 is 2.50 bits per heavy atom. The summed E-state index contributed by atoms with van der Waals surface area (Å²) in [4.78, 5) is 6.78. The van der Waals surface area contributed by atoms with Crippen molar-refractivity contribution in [3.05, 3.63) is 23.9 Å². The van der Waals surface area contributed by atoms with Crippen LogP contribution in [0.5, 0.6) is 0 Å². The maximum absolute atomic E-state index is 4.43. The number of pyridine rings is 1. The van der Waals surface area contributed by atoms with Crippen LogP contribution in [0.4, 0.5) is 5.82 Å². The lowest BCUT2D eigenvalue weighted by molar-refractivity contribution is 0.592. The SMILES string of the molecule is CNC(C)CN1CCc2cccnc21. The molecule has 1 N–H and O–H groups in total. The van der Waals surface area contributed by atoms with Gasteiger partial charge in [-0.15, -0.1) is 0 Å². The Kier molecular flexibility index (Phi) is 2.68. The molecule has 1 aliphatic heterocycles. The first-order valence-electron chi connectivity index (χ1n) is 5.17. The Hall–Kier alpha value is -1.09. The van der Waals surface area contributed by atoms with Crippen molar-refractivity contribution in [1.29, 1.82) is 0 Å². The summed E-state index contributed by atoms with van der Waals surface area (Å²) in [6, 6.07) is 4.71. The highest BCUT2D eigenvalue weighted by Gasteiger charge is 2.20. The molecule has 0 saturated carbocycles. The molecule has 1 aromatic rings. The predicted molar refractivity (Wildman–Crippen MR) is 58.7 cm³/mol. The molecule has 76 valence electrons. The van der Waals surface area contributed by atoms with Gasteiger partial charge in [0, 0.05) is 25.3 Å². The third-order valence-electron chi connectivity index (χ3n) is 2.81. The molecule has 0 spiro atoms. The Morgan fingerprint density at radius 1 is 1.64 bits per heavy atom. The highest BCUT2D eigenvalue weighted by Crippen LogP contribution is 2.24. The van der Waals surface area contributed by atoms with Crippen molar-refractivity contribution in [2.75, 3.05) is 25.0 Å². The second-order valence-corrected chi connectivity index (χ2v) is 3.87. The largest absolute Gasteiger partial charge is 0.355 e. The van der Waals surface area contributed by atoms with E-state index in [2.05, 4.69) is 28.2 Å². The summed E-state index contributed by atoms with van der Waals surface area (Å²) in [6.07, 6.45) is 3.01. The molecule has 0 amide bonds. The van der Waals surface area contributed by atoms with Crippen molar-refractivity contribution < 1.29 is 0 Å². The monoisotopic (exact) mass is 191 g/mol. The van der Waals surface area contributed by atoms with Gasteiger partial charge in [0.05, 0.1) is 0 Å². The summed E-state index contributed by atoms with van der Waals surface area (Å²) in [5, 5.41) is 3.25. The van der Waals surface area contributed by atoms with Gasteiger partial charge in [0.2, 0.25) is 0 Å². The minimum Gasteiger partial charge on any atom is -0.355 e. The van der Waals surface area contributed by atoms with E-state index in [9.17, 15) is 0 Å². The molecule has 2 rings (SSSR count). The molecule has 1 aromatic heterocycles. The van der Waals surface area contributed by atoms with Crippen molar-refractivity contribution in [3.8, 4) is 0 Å². The zero-order valence-electron chi connectivity index (χ0n) is 8.83. The first-order chi connectivity index (χ1) is 6.81. The Balaban J connectivity index is 2.10. The summed E-state index contributed by atoms with van der Waals surface area (Å²) in [6.45, 7) is 4.35. The second-order valence-electron chi connectivity index (χ2n) is 3.87. The summed E-state index contributed by atoms with van der Waals surface area (Å²) >= 11 is 0. The summed E-state index contributed by atoms with van der Waals surface area (Å²) in [7, 11) is 2.00. The van der Waals surface area contributed by atoms with Crippen LogP contribution in [0.2, 0.25) is 0 Å². The number of rotatable bonds is 3. The van der Waals surface area contributed by atoms with E-state index in [-0.39, 0.29) is 0 Å². The van der Waals surface area contributed by atoms with E-state index in [0.717, 1.165) is 19.5 Å². The molecule has 0 saturated heterocycles. The minimum absolute atomic E-state index is 0.517. The second kappa shape index (κ2) is 3.96. The number of likely N-dealkylation sites (N-methyl/N-ethyl adjacent to an activating group) is 1. The standard InChI is InChI=1S/C11H17N3/c1-9(12-2)8-14-7-5-10-4-3-6-13-11(10)14/h3-4,6,9,12H,5,7-8H2,1-2H3. The highest BCUT2D eigenvalue weighted by atomic mass is 15.2. The first kappa shape index (κ1) is 9.46.